The van der Waals surface area contributed by atoms with Gasteiger partial charge in [-0.25, -0.2) is 0 Å². The molecule has 1 amide bonds. The Morgan fingerprint density at radius 2 is 2.05 bits per heavy atom. The number of nitrogens with zero attached hydrogens (tertiary/aromatic N) is 1. The monoisotopic (exact) mass is 279 g/mol. The Morgan fingerprint density at radius 1 is 1.35 bits per heavy atom. The Balaban J connectivity index is 1.96. The van der Waals surface area contributed by atoms with E-state index in [2.05, 4.69) is 24.3 Å². The molecule has 0 unspecified atom stereocenters. The highest BCUT2D eigenvalue weighted by molar-refractivity contribution is 5.91. The minimum atomic E-state index is -0.156. The molecule has 0 atom stereocenters. The number of hydrogen-bond acceptors (Lipinski definition) is 4. The van der Waals surface area contributed by atoms with Crippen LogP contribution in [0.2, 0.25) is 0 Å². The average molecular weight is 279 g/mol. The first-order valence-corrected chi connectivity index (χ1v) is 7.32. The van der Waals surface area contributed by atoms with Gasteiger partial charge in [0.2, 0.25) is 0 Å². The SMILES string of the molecule is CN(C)C1(CNC(=O)c2ccc(CN)o2)CCCCC1. The fourth-order valence-electron chi connectivity index (χ4n) is 2.93. The predicted octanol–water partition coefficient (Wildman–Crippen LogP) is 1.73. The van der Waals surface area contributed by atoms with Crippen LogP contribution >= 0.6 is 0 Å². The predicted molar refractivity (Wildman–Crippen MR) is 78.4 cm³/mol. The third-order valence-electron chi connectivity index (χ3n) is 4.40. The van der Waals surface area contributed by atoms with Gasteiger partial charge in [0.1, 0.15) is 5.76 Å². The van der Waals surface area contributed by atoms with Gasteiger partial charge in [-0.3, -0.25) is 4.79 Å². The molecule has 1 aromatic heterocycles. The number of amides is 1. The topological polar surface area (TPSA) is 71.5 Å². The van der Waals surface area contributed by atoms with Crippen LogP contribution in [-0.2, 0) is 6.54 Å². The van der Waals surface area contributed by atoms with Crippen molar-refractivity contribution in [3.8, 4) is 0 Å². The number of carbonyl (C=O) groups is 1. The van der Waals surface area contributed by atoms with E-state index in [1.54, 1.807) is 12.1 Å². The van der Waals surface area contributed by atoms with Crippen molar-refractivity contribution in [2.75, 3.05) is 20.6 Å². The summed E-state index contributed by atoms with van der Waals surface area (Å²) in [4.78, 5) is 14.4. The third-order valence-corrected chi connectivity index (χ3v) is 4.40. The third kappa shape index (κ3) is 3.22. The Labute approximate surface area is 120 Å². The zero-order valence-electron chi connectivity index (χ0n) is 12.4. The van der Waals surface area contributed by atoms with Gasteiger partial charge in [-0.1, -0.05) is 19.3 Å². The van der Waals surface area contributed by atoms with Crippen molar-refractivity contribution < 1.29 is 9.21 Å². The van der Waals surface area contributed by atoms with Crippen LogP contribution in [0.4, 0.5) is 0 Å². The molecule has 1 aliphatic rings. The maximum atomic E-state index is 12.1. The molecule has 1 aromatic rings. The van der Waals surface area contributed by atoms with Gasteiger partial charge >= 0.3 is 0 Å². The first-order chi connectivity index (χ1) is 9.57. The van der Waals surface area contributed by atoms with E-state index in [1.807, 2.05) is 0 Å². The summed E-state index contributed by atoms with van der Waals surface area (Å²) < 4.78 is 5.38. The zero-order chi connectivity index (χ0) is 14.6. The Hall–Kier alpha value is -1.33. The normalized spacial score (nSPS) is 18.2. The molecule has 0 saturated heterocycles. The standard InChI is InChI=1S/C15H25N3O2/c1-18(2)15(8-4-3-5-9-15)11-17-14(19)13-7-6-12(10-16)20-13/h6-7H,3-5,8-11,16H2,1-2H3,(H,17,19). The lowest BCUT2D eigenvalue weighted by atomic mass is 9.80. The molecule has 0 aliphatic heterocycles. The van der Waals surface area contributed by atoms with Crippen molar-refractivity contribution in [3.05, 3.63) is 23.7 Å². The average Bonchev–Trinajstić information content (AvgIpc) is 2.94. The number of furan rings is 1. The van der Waals surface area contributed by atoms with Gasteiger partial charge in [0, 0.05) is 12.1 Å². The summed E-state index contributed by atoms with van der Waals surface area (Å²) in [6.07, 6.45) is 6.01. The first-order valence-electron chi connectivity index (χ1n) is 7.32. The van der Waals surface area contributed by atoms with E-state index in [9.17, 15) is 4.79 Å². The van der Waals surface area contributed by atoms with Crippen LogP contribution in [0, 0.1) is 0 Å². The molecule has 0 bridgehead atoms. The van der Waals surface area contributed by atoms with Crippen molar-refractivity contribution in [2.45, 2.75) is 44.2 Å². The van der Waals surface area contributed by atoms with Gasteiger partial charge in [0.05, 0.1) is 6.54 Å². The lowest BCUT2D eigenvalue weighted by Gasteiger charge is -2.43. The summed E-state index contributed by atoms with van der Waals surface area (Å²) >= 11 is 0. The fraction of sp³-hybridized carbons (Fsp3) is 0.667. The van der Waals surface area contributed by atoms with Crippen LogP contribution in [0.3, 0.4) is 0 Å². The molecule has 0 aromatic carbocycles. The van der Waals surface area contributed by atoms with Crippen molar-refractivity contribution in [1.29, 1.82) is 0 Å². The Bertz CT molecular complexity index is 448. The van der Waals surface area contributed by atoms with E-state index in [0.29, 0.717) is 24.6 Å². The van der Waals surface area contributed by atoms with E-state index < -0.39 is 0 Å². The van der Waals surface area contributed by atoms with Gasteiger partial charge in [-0.2, -0.15) is 0 Å². The Kier molecular flexibility index (Phi) is 4.83. The highest BCUT2D eigenvalue weighted by Gasteiger charge is 2.34. The maximum absolute atomic E-state index is 12.1. The number of carbonyl (C=O) groups excluding carboxylic acids is 1. The number of nitrogens with two attached hydrogens (primary N) is 1. The highest BCUT2D eigenvalue weighted by Crippen LogP contribution is 2.31. The summed E-state index contributed by atoms with van der Waals surface area (Å²) in [6.45, 7) is 0.979. The zero-order valence-corrected chi connectivity index (χ0v) is 12.4. The van der Waals surface area contributed by atoms with Gasteiger partial charge in [-0.15, -0.1) is 0 Å². The van der Waals surface area contributed by atoms with E-state index >= 15 is 0 Å². The molecule has 1 saturated carbocycles. The van der Waals surface area contributed by atoms with Crippen LogP contribution in [0.25, 0.3) is 0 Å². The van der Waals surface area contributed by atoms with Crippen molar-refractivity contribution in [3.63, 3.8) is 0 Å². The molecule has 20 heavy (non-hydrogen) atoms. The van der Waals surface area contributed by atoms with Crippen LogP contribution in [0.5, 0.6) is 0 Å². The second-order valence-electron chi connectivity index (χ2n) is 5.83. The quantitative estimate of drug-likeness (QED) is 0.861. The van der Waals surface area contributed by atoms with Crippen molar-refractivity contribution in [1.82, 2.24) is 10.2 Å². The number of nitrogens with one attached hydrogen (secondary N) is 1. The molecular formula is C15H25N3O2. The lowest BCUT2D eigenvalue weighted by Crippen LogP contribution is -2.53. The second-order valence-corrected chi connectivity index (χ2v) is 5.83. The molecule has 3 N–H and O–H groups in total. The number of rotatable bonds is 5. The Morgan fingerprint density at radius 3 is 2.60 bits per heavy atom. The molecular weight excluding hydrogens is 254 g/mol. The van der Waals surface area contributed by atoms with Crippen molar-refractivity contribution in [2.24, 2.45) is 5.73 Å². The molecule has 1 fully saturated rings. The number of hydrogen-bond donors (Lipinski definition) is 2. The van der Waals surface area contributed by atoms with Crippen LogP contribution in [0.1, 0.15) is 48.4 Å². The lowest BCUT2D eigenvalue weighted by molar-refractivity contribution is 0.0778. The van der Waals surface area contributed by atoms with E-state index in [0.717, 1.165) is 12.8 Å². The molecule has 5 nitrogen and oxygen atoms in total. The van der Waals surface area contributed by atoms with Crippen LogP contribution in [0.15, 0.2) is 16.5 Å². The maximum Gasteiger partial charge on any atom is 0.287 e. The molecule has 0 spiro atoms. The van der Waals surface area contributed by atoms with Crippen LogP contribution in [-0.4, -0.2) is 37.0 Å². The van der Waals surface area contributed by atoms with Gasteiger partial charge in [0.15, 0.2) is 5.76 Å². The second kappa shape index (κ2) is 6.41. The molecule has 2 rings (SSSR count). The van der Waals surface area contributed by atoms with E-state index in [4.69, 9.17) is 10.2 Å². The van der Waals surface area contributed by atoms with Gasteiger partial charge in [-0.05, 0) is 39.1 Å². The molecule has 0 radical (unpaired) electrons. The van der Waals surface area contributed by atoms with E-state index in [-0.39, 0.29) is 11.4 Å². The minimum absolute atomic E-state index is 0.0806. The summed E-state index contributed by atoms with van der Waals surface area (Å²) in [5.74, 6) is 0.821. The molecule has 1 aliphatic carbocycles. The fourth-order valence-corrected chi connectivity index (χ4v) is 2.93. The first kappa shape index (κ1) is 15.1. The minimum Gasteiger partial charge on any atom is -0.455 e. The van der Waals surface area contributed by atoms with Crippen molar-refractivity contribution >= 4 is 5.91 Å². The molecule has 112 valence electrons. The largest absolute Gasteiger partial charge is 0.455 e. The molecule has 1 heterocycles. The summed E-state index contributed by atoms with van der Waals surface area (Å²) in [7, 11) is 4.19. The van der Waals surface area contributed by atoms with Crippen LogP contribution < -0.4 is 11.1 Å². The summed E-state index contributed by atoms with van der Waals surface area (Å²) in [5, 5.41) is 3.01. The molecule has 5 heteroatoms. The number of likely N-dealkylation sites (N-methyl/N-ethyl adjacent to an activating group) is 1. The summed E-state index contributed by atoms with van der Waals surface area (Å²) in [5.41, 5.74) is 5.56. The van der Waals surface area contributed by atoms with Gasteiger partial charge in [0.25, 0.3) is 5.91 Å². The van der Waals surface area contributed by atoms with Gasteiger partial charge < -0.3 is 20.4 Å². The smallest absolute Gasteiger partial charge is 0.287 e. The summed E-state index contributed by atoms with van der Waals surface area (Å²) in [6, 6.07) is 3.43. The van der Waals surface area contributed by atoms with E-state index in [1.165, 1.54) is 19.3 Å². The highest BCUT2D eigenvalue weighted by atomic mass is 16.4.